The van der Waals surface area contributed by atoms with Gasteiger partial charge in [-0.3, -0.25) is 0 Å². The maximum atomic E-state index is 13.9. The fraction of sp³-hybridized carbons (Fsp3) is 0.600. The van der Waals surface area contributed by atoms with Gasteiger partial charge < -0.3 is 5.32 Å². The summed E-state index contributed by atoms with van der Waals surface area (Å²) in [5.41, 5.74) is 0.793. The molecule has 4 heteroatoms. The Labute approximate surface area is 128 Å². The molecule has 1 rings (SSSR count). The second-order valence-corrected chi connectivity index (χ2v) is 7.50. The van der Waals surface area contributed by atoms with Crippen molar-refractivity contribution in [2.24, 2.45) is 0 Å². The van der Waals surface area contributed by atoms with E-state index < -0.39 is 0 Å². The first-order valence-electron chi connectivity index (χ1n) is 6.81. The minimum absolute atomic E-state index is 0.118. The Morgan fingerprint density at radius 3 is 2.68 bits per heavy atom. The second kappa shape index (κ2) is 8.98. The van der Waals surface area contributed by atoms with Gasteiger partial charge in [0.1, 0.15) is 5.82 Å². The summed E-state index contributed by atoms with van der Waals surface area (Å²) in [6.45, 7) is 7.53. The van der Waals surface area contributed by atoms with Gasteiger partial charge in [0.25, 0.3) is 0 Å². The summed E-state index contributed by atoms with van der Waals surface area (Å²) in [4.78, 5) is 0. The summed E-state index contributed by atoms with van der Waals surface area (Å²) in [6, 6.07) is 5.66. The lowest BCUT2D eigenvalue weighted by Crippen LogP contribution is -2.34. The summed E-state index contributed by atoms with van der Waals surface area (Å²) < 4.78 is 14.7. The molecule has 0 bridgehead atoms. The van der Waals surface area contributed by atoms with Crippen LogP contribution in [0.25, 0.3) is 0 Å². The molecule has 1 nitrogen and oxygen atoms in total. The number of benzene rings is 1. The van der Waals surface area contributed by atoms with E-state index in [1.807, 2.05) is 23.9 Å². The van der Waals surface area contributed by atoms with Gasteiger partial charge in [-0.05, 0) is 42.3 Å². The summed E-state index contributed by atoms with van der Waals surface area (Å²) >= 11 is 5.22. The van der Waals surface area contributed by atoms with Crippen LogP contribution in [0.3, 0.4) is 0 Å². The van der Waals surface area contributed by atoms with Crippen LogP contribution in [-0.2, 0) is 6.42 Å². The molecule has 1 unspecified atom stereocenters. The van der Waals surface area contributed by atoms with Crippen LogP contribution in [-0.4, -0.2) is 23.6 Å². The van der Waals surface area contributed by atoms with E-state index in [2.05, 4.69) is 42.0 Å². The predicted octanol–water partition coefficient (Wildman–Crippen LogP) is 4.64. The average molecular weight is 348 g/mol. The van der Waals surface area contributed by atoms with Crippen LogP contribution in [0, 0.1) is 5.82 Å². The lowest BCUT2D eigenvalue weighted by atomic mass is 10.1. The number of thioether (sulfide) groups is 1. The Balaban J connectivity index is 2.63. The second-order valence-electron chi connectivity index (χ2n) is 4.97. The largest absolute Gasteiger partial charge is 0.313 e. The van der Waals surface area contributed by atoms with Crippen LogP contribution in [0.5, 0.6) is 0 Å². The highest BCUT2D eigenvalue weighted by atomic mass is 79.9. The average Bonchev–Trinajstić information content (AvgIpc) is 2.35. The predicted molar refractivity (Wildman–Crippen MR) is 87.5 cm³/mol. The van der Waals surface area contributed by atoms with Crippen molar-refractivity contribution in [3.63, 3.8) is 0 Å². The smallest absolute Gasteiger partial charge is 0.127 e. The van der Waals surface area contributed by atoms with Crippen molar-refractivity contribution in [3.8, 4) is 0 Å². The highest BCUT2D eigenvalue weighted by molar-refractivity contribution is 9.10. The van der Waals surface area contributed by atoms with Gasteiger partial charge in [0.15, 0.2) is 0 Å². The normalized spacial score (nSPS) is 12.9. The molecule has 0 saturated heterocycles. The van der Waals surface area contributed by atoms with E-state index >= 15 is 0 Å². The van der Waals surface area contributed by atoms with Crippen LogP contribution in [0.4, 0.5) is 4.39 Å². The van der Waals surface area contributed by atoms with Gasteiger partial charge in [0, 0.05) is 16.3 Å². The number of hydrogen-bond donors (Lipinski definition) is 1. The van der Waals surface area contributed by atoms with E-state index in [1.165, 1.54) is 0 Å². The van der Waals surface area contributed by atoms with Crippen LogP contribution < -0.4 is 5.32 Å². The molecular formula is C15H23BrFNS. The quantitative estimate of drug-likeness (QED) is 0.734. The van der Waals surface area contributed by atoms with Crippen LogP contribution in [0.2, 0.25) is 0 Å². The van der Waals surface area contributed by atoms with Crippen molar-refractivity contribution in [1.82, 2.24) is 5.32 Å². The summed E-state index contributed by atoms with van der Waals surface area (Å²) in [5.74, 6) is 0.903. The van der Waals surface area contributed by atoms with Crippen molar-refractivity contribution in [2.45, 2.75) is 44.9 Å². The van der Waals surface area contributed by atoms with Gasteiger partial charge in [-0.15, -0.1) is 0 Å². The van der Waals surface area contributed by atoms with E-state index in [0.717, 1.165) is 35.2 Å². The zero-order valence-corrected chi connectivity index (χ0v) is 14.3. The van der Waals surface area contributed by atoms with Gasteiger partial charge in [-0.25, -0.2) is 4.39 Å². The fourth-order valence-electron chi connectivity index (χ4n) is 1.80. The molecule has 0 aliphatic carbocycles. The molecule has 0 saturated carbocycles. The highest BCUT2D eigenvalue weighted by Gasteiger charge is 2.13. The molecule has 0 fully saturated rings. The Bertz CT molecular complexity index is 384. The SMILES string of the molecule is CCCNC(CSC(C)C)Cc1ccc(Br)cc1F. The Kier molecular flexibility index (Phi) is 8.03. The van der Waals surface area contributed by atoms with Crippen molar-refractivity contribution in [3.05, 3.63) is 34.1 Å². The summed E-state index contributed by atoms with van der Waals surface area (Å²) in [5, 5.41) is 4.13. The molecule has 108 valence electrons. The molecule has 0 aliphatic heterocycles. The van der Waals surface area contributed by atoms with E-state index in [-0.39, 0.29) is 5.82 Å². The van der Waals surface area contributed by atoms with Crippen molar-refractivity contribution < 1.29 is 4.39 Å². The molecule has 1 atom stereocenters. The number of halogens is 2. The molecule has 1 aromatic carbocycles. The van der Waals surface area contributed by atoms with Crippen molar-refractivity contribution >= 4 is 27.7 Å². The first-order valence-corrected chi connectivity index (χ1v) is 8.66. The molecule has 0 aromatic heterocycles. The number of rotatable bonds is 8. The van der Waals surface area contributed by atoms with Crippen LogP contribution >= 0.6 is 27.7 Å². The number of nitrogens with one attached hydrogen (secondary N) is 1. The molecular weight excluding hydrogens is 325 g/mol. The molecule has 0 radical (unpaired) electrons. The van der Waals surface area contributed by atoms with E-state index in [4.69, 9.17) is 0 Å². The van der Waals surface area contributed by atoms with Crippen LogP contribution in [0.1, 0.15) is 32.8 Å². The number of hydrogen-bond acceptors (Lipinski definition) is 2. The van der Waals surface area contributed by atoms with E-state index in [9.17, 15) is 4.39 Å². The Morgan fingerprint density at radius 1 is 1.37 bits per heavy atom. The Hall–Kier alpha value is -0.0600. The maximum absolute atomic E-state index is 13.9. The maximum Gasteiger partial charge on any atom is 0.127 e. The molecule has 0 heterocycles. The lowest BCUT2D eigenvalue weighted by Gasteiger charge is -2.19. The molecule has 0 amide bonds. The third kappa shape index (κ3) is 6.77. The minimum atomic E-state index is -0.118. The lowest BCUT2D eigenvalue weighted by molar-refractivity contribution is 0.530. The van der Waals surface area contributed by atoms with E-state index in [1.54, 1.807) is 6.07 Å². The zero-order chi connectivity index (χ0) is 14.3. The monoisotopic (exact) mass is 347 g/mol. The van der Waals surface area contributed by atoms with Crippen LogP contribution in [0.15, 0.2) is 22.7 Å². The van der Waals surface area contributed by atoms with Gasteiger partial charge in [-0.2, -0.15) is 11.8 Å². The first kappa shape index (κ1) is 17.0. The van der Waals surface area contributed by atoms with E-state index in [0.29, 0.717) is 11.3 Å². The minimum Gasteiger partial charge on any atom is -0.313 e. The zero-order valence-electron chi connectivity index (χ0n) is 11.9. The van der Waals surface area contributed by atoms with Gasteiger partial charge in [0.2, 0.25) is 0 Å². The van der Waals surface area contributed by atoms with Crippen molar-refractivity contribution in [1.29, 1.82) is 0 Å². The van der Waals surface area contributed by atoms with Gasteiger partial charge >= 0.3 is 0 Å². The highest BCUT2D eigenvalue weighted by Crippen LogP contribution is 2.19. The topological polar surface area (TPSA) is 12.0 Å². The third-order valence-corrected chi connectivity index (χ3v) is 4.55. The van der Waals surface area contributed by atoms with Gasteiger partial charge in [0.05, 0.1) is 0 Å². The molecule has 1 aromatic rings. The first-order chi connectivity index (χ1) is 9.02. The van der Waals surface area contributed by atoms with Gasteiger partial charge in [-0.1, -0.05) is 42.8 Å². The molecule has 1 N–H and O–H groups in total. The summed E-state index contributed by atoms with van der Waals surface area (Å²) in [6.07, 6.45) is 1.85. The fourth-order valence-corrected chi connectivity index (χ4v) is 2.99. The summed E-state index contributed by atoms with van der Waals surface area (Å²) in [7, 11) is 0. The molecule has 0 spiro atoms. The molecule has 19 heavy (non-hydrogen) atoms. The Morgan fingerprint density at radius 2 is 2.11 bits per heavy atom. The third-order valence-electron chi connectivity index (χ3n) is 2.80. The van der Waals surface area contributed by atoms with Crippen molar-refractivity contribution in [2.75, 3.05) is 12.3 Å². The molecule has 0 aliphatic rings. The standard InChI is InChI=1S/C15H23BrFNS/c1-4-7-18-14(10-19-11(2)3)8-12-5-6-13(16)9-15(12)17/h5-6,9,11,14,18H,4,7-8,10H2,1-3H3.